The SMILES string of the molecule is CC1CC[C@@]2(C(=O)O)CC[C@]3(C)C(=CCC4[C@@]5(C)C[C@@H](O)[C@H](O)C(C)(CO)C5[C@H](O)C[C@]43C)C2C1C. The van der Waals surface area contributed by atoms with Crippen LogP contribution in [0.3, 0.4) is 0 Å². The summed E-state index contributed by atoms with van der Waals surface area (Å²) in [7, 11) is 0. The average molecular weight is 505 g/mol. The summed E-state index contributed by atoms with van der Waals surface area (Å²) in [5.41, 5.74) is -1.41. The largest absolute Gasteiger partial charge is 0.481 e. The van der Waals surface area contributed by atoms with Gasteiger partial charge in [-0.25, -0.2) is 0 Å². The van der Waals surface area contributed by atoms with Crippen LogP contribution in [-0.4, -0.2) is 56.4 Å². The summed E-state index contributed by atoms with van der Waals surface area (Å²) in [4.78, 5) is 12.8. The number of aliphatic carboxylic acids is 1. The Balaban J connectivity index is 1.65. The Morgan fingerprint density at radius 2 is 1.67 bits per heavy atom. The third-order valence-corrected chi connectivity index (χ3v) is 13.4. The van der Waals surface area contributed by atoms with Gasteiger partial charge in [0.15, 0.2) is 0 Å². The van der Waals surface area contributed by atoms with Gasteiger partial charge in [0.25, 0.3) is 0 Å². The zero-order valence-corrected chi connectivity index (χ0v) is 23.0. The lowest BCUT2D eigenvalue weighted by atomic mass is 9.32. The highest BCUT2D eigenvalue weighted by Crippen LogP contribution is 2.75. The van der Waals surface area contributed by atoms with Gasteiger partial charge in [-0.15, -0.1) is 0 Å². The molecule has 0 bridgehead atoms. The summed E-state index contributed by atoms with van der Waals surface area (Å²) in [6.07, 6.45) is 4.44. The van der Waals surface area contributed by atoms with Gasteiger partial charge >= 0.3 is 5.97 Å². The van der Waals surface area contributed by atoms with Crippen molar-refractivity contribution in [2.45, 2.75) is 105 Å². The van der Waals surface area contributed by atoms with Crippen LogP contribution in [0.2, 0.25) is 0 Å². The lowest BCUT2D eigenvalue weighted by Crippen LogP contribution is -2.71. The number of hydrogen-bond acceptors (Lipinski definition) is 5. The van der Waals surface area contributed by atoms with Crippen LogP contribution in [0.5, 0.6) is 0 Å². The van der Waals surface area contributed by atoms with Crippen molar-refractivity contribution < 1.29 is 30.3 Å². The molecular formula is C30H48O6. The van der Waals surface area contributed by atoms with Crippen molar-refractivity contribution in [1.29, 1.82) is 0 Å². The standard InChI is InChI=1S/C30H48O6/c1-16-9-10-30(25(35)36)12-11-28(5)18(22(30)17(16)2)7-8-21-26(3)13-20(33)24(34)27(4,15-31)23(26)19(32)14-29(21,28)6/h7,16-17,19-24,31-34H,8-15H2,1-6H3,(H,35,36)/t16?,17?,19-,20-,21?,22?,23?,24+,26-,27?,28-,29-,30-/m1/s1. The number of aliphatic hydroxyl groups is 4. The van der Waals surface area contributed by atoms with Gasteiger partial charge in [-0.3, -0.25) is 4.79 Å². The normalized spacial score (nSPS) is 58.6. The van der Waals surface area contributed by atoms with Crippen LogP contribution in [-0.2, 0) is 4.79 Å². The number of hydrogen-bond donors (Lipinski definition) is 5. The quantitative estimate of drug-likeness (QED) is 0.363. The van der Waals surface area contributed by atoms with Crippen LogP contribution in [0, 0.1) is 56.7 Å². The van der Waals surface area contributed by atoms with E-state index in [0.29, 0.717) is 25.2 Å². The minimum atomic E-state index is -1.08. The van der Waals surface area contributed by atoms with E-state index in [1.165, 1.54) is 5.57 Å². The Bertz CT molecular complexity index is 963. The summed E-state index contributed by atoms with van der Waals surface area (Å²) >= 11 is 0. The molecule has 6 heteroatoms. The number of rotatable bonds is 2. The molecule has 5 N–H and O–H groups in total. The van der Waals surface area contributed by atoms with Gasteiger partial charge in [-0.1, -0.05) is 53.2 Å². The van der Waals surface area contributed by atoms with Crippen LogP contribution in [0.4, 0.5) is 0 Å². The summed E-state index contributed by atoms with van der Waals surface area (Å²) in [5, 5.41) is 54.7. The summed E-state index contributed by atoms with van der Waals surface area (Å²) < 4.78 is 0. The lowest BCUT2D eigenvalue weighted by molar-refractivity contribution is -0.273. The zero-order valence-electron chi connectivity index (χ0n) is 23.0. The van der Waals surface area contributed by atoms with Crippen molar-refractivity contribution in [1.82, 2.24) is 0 Å². The molecule has 5 aliphatic carbocycles. The maximum absolute atomic E-state index is 12.8. The fourth-order valence-electron chi connectivity index (χ4n) is 11.2. The van der Waals surface area contributed by atoms with E-state index < -0.39 is 40.5 Å². The highest BCUT2D eigenvalue weighted by atomic mass is 16.4. The smallest absolute Gasteiger partial charge is 0.310 e. The van der Waals surface area contributed by atoms with Crippen molar-refractivity contribution in [3.63, 3.8) is 0 Å². The Hall–Kier alpha value is -0.950. The van der Waals surface area contributed by atoms with Crippen LogP contribution in [0.1, 0.15) is 86.5 Å². The van der Waals surface area contributed by atoms with E-state index in [1.807, 2.05) is 6.92 Å². The molecule has 36 heavy (non-hydrogen) atoms. The Morgan fingerprint density at radius 3 is 2.28 bits per heavy atom. The molecule has 0 aliphatic heterocycles. The van der Waals surface area contributed by atoms with E-state index in [1.54, 1.807) is 0 Å². The van der Waals surface area contributed by atoms with Gasteiger partial charge < -0.3 is 25.5 Å². The lowest BCUT2D eigenvalue weighted by Gasteiger charge is -2.72. The molecule has 4 fully saturated rings. The fourth-order valence-corrected chi connectivity index (χ4v) is 11.2. The minimum Gasteiger partial charge on any atom is -0.481 e. The van der Waals surface area contributed by atoms with Gasteiger partial charge in [0.05, 0.1) is 30.3 Å². The number of carboxylic acids is 1. The predicted molar refractivity (Wildman–Crippen MR) is 137 cm³/mol. The molecule has 0 aromatic carbocycles. The number of carbonyl (C=O) groups is 1. The van der Waals surface area contributed by atoms with Crippen LogP contribution >= 0.6 is 0 Å². The van der Waals surface area contributed by atoms with Crippen molar-refractivity contribution >= 4 is 5.97 Å². The first kappa shape index (κ1) is 26.6. The second-order valence-electron chi connectivity index (χ2n) is 14.6. The molecule has 204 valence electrons. The van der Waals surface area contributed by atoms with Gasteiger partial charge in [0, 0.05) is 11.3 Å². The highest BCUT2D eigenvalue weighted by molar-refractivity contribution is 5.76. The Labute approximate surface area is 216 Å². The minimum absolute atomic E-state index is 0.000534. The molecule has 5 aliphatic rings. The third-order valence-electron chi connectivity index (χ3n) is 13.4. The molecule has 0 spiro atoms. The number of allylic oxidation sites excluding steroid dienone is 2. The monoisotopic (exact) mass is 504 g/mol. The Morgan fingerprint density at radius 1 is 1.00 bits per heavy atom. The van der Waals surface area contributed by atoms with E-state index in [2.05, 4.69) is 40.7 Å². The molecule has 0 heterocycles. The summed E-state index contributed by atoms with van der Waals surface area (Å²) in [6, 6.07) is 0. The molecule has 0 aromatic heterocycles. The van der Waals surface area contributed by atoms with Crippen LogP contribution in [0.25, 0.3) is 0 Å². The summed E-state index contributed by atoms with van der Waals surface area (Å²) in [5.74, 6) is -0.0914. The van der Waals surface area contributed by atoms with E-state index in [9.17, 15) is 30.3 Å². The number of aliphatic hydroxyl groups excluding tert-OH is 4. The first-order valence-corrected chi connectivity index (χ1v) is 14.2. The maximum Gasteiger partial charge on any atom is 0.310 e. The fraction of sp³-hybridized carbons (Fsp3) is 0.900. The molecule has 0 radical (unpaired) electrons. The van der Waals surface area contributed by atoms with Crippen molar-refractivity contribution in [3.05, 3.63) is 11.6 Å². The molecule has 4 saturated carbocycles. The first-order valence-electron chi connectivity index (χ1n) is 14.2. The molecule has 6 unspecified atom stereocenters. The molecule has 0 aromatic rings. The van der Waals surface area contributed by atoms with Gasteiger partial charge in [0.1, 0.15) is 0 Å². The Kier molecular flexibility index (Phi) is 5.95. The number of fused-ring (bicyclic) bond motifs is 7. The van der Waals surface area contributed by atoms with Gasteiger partial charge in [-0.05, 0) is 84.9 Å². The third kappa shape index (κ3) is 2.96. The van der Waals surface area contributed by atoms with E-state index in [-0.39, 0.29) is 41.1 Å². The van der Waals surface area contributed by atoms with Crippen molar-refractivity contribution in [3.8, 4) is 0 Å². The zero-order chi connectivity index (χ0) is 26.6. The van der Waals surface area contributed by atoms with E-state index in [4.69, 9.17) is 0 Å². The first-order chi connectivity index (χ1) is 16.6. The number of carboxylic acid groups (broad SMARTS) is 1. The molecule has 0 saturated heterocycles. The molecule has 5 rings (SSSR count). The van der Waals surface area contributed by atoms with Crippen LogP contribution in [0.15, 0.2) is 11.6 Å². The highest BCUT2D eigenvalue weighted by Gasteiger charge is 2.72. The van der Waals surface area contributed by atoms with Crippen molar-refractivity contribution in [2.24, 2.45) is 56.7 Å². The second-order valence-corrected chi connectivity index (χ2v) is 14.6. The van der Waals surface area contributed by atoms with Gasteiger partial charge in [0.2, 0.25) is 0 Å². The van der Waals surface area contributed by atoms with Crippen LogP contribution < -0.4 is 0 Å². The predicted octanol–water partition coefficient (Wildman–Crippen LogP) is 4.00. The van der Waals surface area contributed by atoms with E-state index >= 15 is 0 Å². The van der Waals surface area contributed by atoms with Crippen molar-refractivity contribution in [2.75, 3.05) is 6.61 Å². The molecule has 0 amide bonds. The molecule has 6 nitrogen and oxygen atoms in total. The summed E-state index contributed by atoms with van der Waals surface area (Å²) in [6.45, 7) is 12.8. The average Bonchev–Trinajstić information content (AvgIpc) is 2.80. The maximum atomic E-state index is 12.8. The molecule has 13 atom stereocenters. The topological polar surface area (TPSA) is 118 Å². The van der Waals surface area contributed by atoms with Gasteiger partial charge in [-0.2, -0.15) is 0 Å². The second kappa shape index (κ2) is 8.03. The molecular weight excluding hydrogens is 456 g/mol. The van der Waals surface area contributed by atoms with E-state index in [0.717, 1.165) is 25.7 Å².